The Hall–Kier alpha value is 0.400. The lowest BCUT2D eigenvalue weighted by Gasteiger charge is -2.35. The molecule has 0 amide bonds. The molecule has 18 heavy (non-hydrogen) atoms. The second-order valence-corrected chi connectivity index (χ2v) is 6.25. The molecule has 2 heterocycles. The standard InChI is InChI=1S/C11H16F3IO3/c1-16-3-5-6(4-17-2)10-8(15)7(9(5)18-10)11(12,13)14/h5-10H,3-4H2,1-2H3/t5-,6+,7+,8-,9-,10+/m0/s1. The molecule has 2 saturated heterocycles. The van der Waals surface area contributed by atoms with Crippen molar-refractivity contribution in [1.82, 2.24) is 0 Å². The highest BCUT2D eigenvalue weighted by atomic mass is 127. The maximum absolute atomic E-state index is 13.0. The summed E-state index contributed by atoms with van der Waals surface area (Å²) in [7, 11) is 3.05. The molecule has 0 unspecified atom stereocenters. The van der Waals surface area contributed by atoms with Crippen LogP contribution in [0, 0.1) is 17.8 Å². The Labute approximate surface area is 117 Å². The number of methoxy groups -OCH3 is 2. The van der Waals surface area contributed by atoms with Crippen molar-refractivity contribution in [1.29, 1.82) is 0 Å². The summed E-state index contributed by atoms with van der Waals surface area (Å²) in [5.74, 6) is -1.64. The minimum absolute atomic E-state index is 0.0135. The molecule has 2 bridgehead atoms. The Bertz CT molecular complexity index is 300. The molecular weight excluding hydrogens is 364 g/mol. The summed E-state index contributed by atoms with van der Waals surface area (Å²) in [6.07, 6.45) is -5.39. The van der Waals surface area contributed by atoms with Gasteiger partial charge in [0.1, 0.15) is 0 Å². The predicted octanol–water partition coefficient (Wildman–Crippen LogP) is 2.27. The van der Waals surface area contributed by atoms with Crippen molar-refractivity contribution in [3.63, 3.8) is 0 Å². The van der Waals surface area contributed by atoms with Crippen molar-refractivity contribution in [2.24, 2.45) is 17.8 Å². The van der Waals surface area contributed by atoms with Crippen LogP contribution in [0.4, 0.5) is 13.2 Å². The lowest BCUT2D eigenvalue weighted by molar-refractivity contribution is -0.191. The number of rotatable bonds is 4. The molecule has 0 N–H and O–H groups in total. The lowest BCUT2D eigenvalue weighted by atomic mass is 9.74. The fourth-order valence-electron chi connectivity index (χ4n) is 3.11. The van der Waals surface area contributed by atoms with E-state index in [9.17, 15) is 13.2 Å². The van der Waals surface area contributed by atoms with Gasteiger partial charge in [-0.15, -0.1) is 0 Å². The fourth-order valence-corrected chi connectivity index (χ4v) is 4.63. The van der Waals surface area contributed by atoms with Crippen LogP contribution in [-0.2, 0) is 14.2 Å². The highest BCUT2D eigenvalue weighted by Gasteiger charge is 2.66. The number of alkyl halides is 4. The summed E-state index contributed by atoms with van der Waals surface area (Å²) in [6, 6.07) is 0. The molecule has 0 saturated carbocycles. The van der Waals surface area contributed by atoms with Gasteiger partial charge in [-0.3, -0.25) is 0 Å². The van der Waals surface area contributed by atoms with Crippen molar-refractivity contribution < 1.29 is 27.4 Å². The van der Waals surface area contributed by atoms with Gasteiger partial charge >= 0.3 is 6.18 Å². The highest BCUT2D eigenvalue weighted by Crippen LogP contribution is 2.54. The molecule has 6 atom stereocenters. The third-order valence-corrected chi connectivity index (χ3v) is 5.30. The molecule has 0 spiro atoms. The van der Waals surface area contributed by atoms with Crippen molar-refractivity contribution >= 4 is 22.6 Å². The second kappa shape index (κ2) is 5.41. The normalized spacial score (nSPS) is 43.7. The number of ether oxygens (including phenoxy) is 3. The van der Waals surface area contributed by atoms with Crippen molar-refractivity contribution in [2.75, 3.05) is 27.4 Å². The zero-order valence-corrected chi connectivity index (χ0v) is 12.3. The maximum atomic E-state index is 13.0. The third kappa shape index (κ3) is 2.38. The van der Waals surface area contributed by atoms with Crippen LogP contribution in [0.2, 0.25) is 0 Å². The van der Waals surface area contributed by atoms with E-state index in [1.807, 2.05) is 22.6 Å². The largest absolute Gasteiger partial charge is 0.395 e. The van der Waals surface area contributed by atoms with Crippen LogP contribution in [0.15, 0.2) is 0 Å². The van der Waals surface area contributed by atoms with E-state index in [1.165, 1.54) is 7.11 Å². The van der Waals surface area contributed by atoms with E-state index in [0.717, 1.165) is 0 Å². The van der Waals surface area contributed by atoms with Crippen LogP contribution in [0.25, 0.3) is 0 Å². The first kappa shape index (κ1) is 14.8. The van der Waals surface area contributed by atoms with Gasteiger partial charge in [-0.25, -0.2) is 0 Å². The smallest absolute Gasteiger partial charge is 0.384 e. The lowest BCUT2D eigenvalue weighted by Crippen LogP contribution is -2.49. The summed E-state index contributed by atoms with van der Waals surface area (Å²) < 4.78 is 54.3. The quantitative estimate of drug-likeness (QED) is 0.554. The number of hydrogen-bond donors (Lipinski definition) is 0. The van der Waals surface area contributed by atoms with Gasteiger partial charge in [0.15, 0.2) is 0 Å². The molecule has 2 rings (SSSR count). The topological polar surface area (TPSA) is 27.7 Å². The maximum Gasteiger partial charge on any atom is 0.395 e. The summed E-state index contributed by atoms with van der Waals surface area (Å²) in [4.78, 5) is 0. The third-order valence-electron chi connectivity index (χ3n) is 3.82. The Balaban J connectivity index is 2.20. The molecule has 0 aromatic rings. The number of halogens is 4. The molecule has 106 valence electrons. The van der Waals surface area contributed by atoms with Crippen molar-refractivity contribution in [3.05, 3.63) is 0 Å². The van der Waals surface area contributed by atoms with Gasteiger partial charge in [0, 0.05) is 26.1 Å². The molecule has 2 aliphatic rings. The Morgan fingerprint density at radius 2 is 1.56 bits per heavy atom. The summed E-state index contributed by atoms with van der Waals surface area (Å²) in [6.45, 7) is 0.699. The van der Waals surface area contributed by atoms with E-state index in [0.29, 0.717) is 6.61 Å². The molecule has 7 heteroatoms. The molecule has 3 nitrogen and oxygen atoms in total. The van der Waals surface area contributed by atoms with Crippen LogP contribution in [0.5, 0.6) is 0 Å². The minimum Gasteiger partial charge on any atom is -0.384 e. The van der Waals surface area contributed by atoms with Crippen LogP contribution in [0.3, 0.4) is 0 Å². The summed E-state index contributed by atoms with van der Waals surface area (Å²) >= 11 is 1.86. The zero-order valence-electron chi connectivity index (χ0n) is 10.1. The molecule has 2 aliphatic heterocycles. The van der Waals surface area contributed by atoms with Gasteiger partial charge < -0.3 is 14.2 Å². The SMILES string of the molecule is COC[C@@H]1[C@H](COC)[C@@H]2O[C@H]1[C@@H](I)[C@H]2C(F)(F)F. The minimum atomic E-state index is -4.21. The van der Waals surface area contributed by atoms with Crippen molar-refractivity contribution in [3.8, 4) is 0 Å². The molecule has 0 aromatic heterocycles. The predicted molar refractivity (Wildman–Crippen MR) is 66.7 cm³/mol. The van der Waals surface area contributed by atoms with Gasteiger partial charge in [-0.05, 0) is 0 Å². The summed E-state index contributed by atoms with van der Waals surface area (Å²) in [5.41, 5.74) is 0. The fraction of sp³-hybridized carbons (Fsp3) is 1.00. The van der Waals surface area contributed by atoms with Crippen LogP contribution < -0.4 is 0 Å². The second-order valence-electron chi connectivity index (χ2n) is 4.82. The number of fused-ring (bicyclic) bond motifs is 2. The average molecular weight is 380 g/mol. The van der Waals surface area contributed by atoms with Crippen LogP contribution in [-0.4, -0.2) is 49.7 Å². The Morgan fingerprint density at radius 3 is 2.00 bits per heavy atom. The van der Waals surface area contributed by atoms with E-state index >= 15 is 0 Å². The van der Waals surface area contributed by atoms with Gasteiger partial charge in [0.25, 0.3) is 0 Å². The van der Waals surface area contributed by atoms with Gasteiger partial charge in [0.2, 0.25) is 0 Å². The van der Waals surface area contributed by atoms with Crippen LogP contribution in [0.1, 0.15) is 0 Å². The van der Waals surface area contributed by atoms with Gasteiger partial charge in [0.05, 0.1) is 35.3 Å². The summed E-state index contributed by atoms with van der Waals surface area (Å²) in [5, 5.41) is 0. The van der Waals surface area contributed by atoms with Crippen molar-refractivity contribution in [2.45, 2.75) is 22.3 Å². The first-order chi connectivity index (χ1) is 8.41. The van der Waals surface area contributed by atoms with E-state index in [2.05, 4.69) is 0 Å². The Morgan fingerprint density at radius 1 is 1.06 bits per heavy atom. The number of hydrogen-bond acceptors (Lipinski definition) is 3. The van der Waals surface area contributed by atoms with Gasteiger partial charge in [-0.2, -0.15) is 13.2 Å². The average Bonchev–Trinajstić information content (AvgIpc) is 2.75. The van der Waals surface area contributed by atoms with E-state index in [4.69, 9.17) is 14.2 Å². The molecule has 2 fully saturated rings. The van der Waals surface area contributed by atoms with Gasteiger partial charge in [-0.1, -0.05) is 22.6 Å². The highest BCUT2D eigenvalue weighted by molar-refractivity contribution is 14.1. The zero-order chi connectivity index (χ0) is 13.5. The van der Waals surface area contributed by atoms with E-state index in [-0.39, 0.29) is 24.5 Å². The first-order valence-corrected chi connectivity index (χ1v) is 7.00. The molecule has 0 aromatic carbocycles. The monoisotopic (exact) mass is 380 g/mol. The molecule has 0 aliphatic carbocycles. The Kier molecular flexibility index (Phi) is 4.45. The van der Waals surface area contributed by atoms with E-state index in [1.54, 1.807) is 7.11 Å². The molecule has 0 radical (unpaired) electrons. The first-order valence-electron chi connectivity index (χ1n) is 5.76. The molecular formula is C11H16F3IO3. The van der Waals surface area contributed by atoms with E-state index < -0.39 is 22.1 Å². The van der Waals surface area contributed by atoms with Crippen LogP contribution >= 0.6 is 22.6 Å².